The number of furan rings is 1. The number of carbonyl (C=O) groups excluding carboxylic acids is 1. The van der Waals surface area contributed by atoms with Gasteiger partial charge in [0.05, 0.1) is 17.7 Å². The molecule has 5 nitrogen and oxygen atoms in total. The fraction of sp³-hybridized carbons (Fsp3) is 0.0909. The molecule has 0 atom stereocenters. The average molecular weight is 217 g/mol. The highest BCUT2D eigenvalue weighted by Crippen LogP contribution is 2.00. The summed E-state index contributed by atoms with van der Waals surface area (Å²) in [7, 11) is 0. The van der Waals surface area contributed by atoms with Gasteiger partial charge in [0, 0.05) is 6.20 Å². The molecule has 2 aromatic heterocycles. The quantitative estimate of drug-likeness (QED) is 0.607. The first kappa shape index (κ1) is 10.2. The Labute approximate surface area is 92.2 Å². The highest BCUT2D eigenvalue weighted by molar-refractivity contribution is 5.98. The van der Waals surface area contributed by atoms with E-state index in [0.29, 0.717) is 5.71 Å². The first-order chi connectivity index (χ1) is 7.77. The van der Waals surface area contributed by atoms with Crippen molar-refractivity contribution in [2.45, 2.75) is 6.92 Å². The summed E-state index contributed by atoms with van der Waals surface area (Å²) in [6.07, 6.45) is 3.24. The minimum Gasteiger partial charge on any atom is -0.459 e. The fourth-order valence-electron chi connectivity index (χ4n) is 1.21. The predicted octanol–water partition coefficient (Wildman–Crippen LogP) is 1.76. The number of hydrazone groups is 1. The van der Waals surface area contributed by atoms with E-state index in [9.17, 15) is 4.79 Å². The molecule has 0 spiro atoms. The van der Waals surface area contributed by atoms with Gasteiger partial charge >= 0.3 is 5.91 Å². The van der Waals surface area contributed by atoms with E-state index in [1.165, 1.54) is 6.26 Å². The molecule has 2 aromatic rings. The fourth-order valence-corrected chi connectivity index (χ4v) is 1.21. The van der Waals surface area contributed by atoms with Crippen molar-refractivity contribution in [2.24, 2.45) is 5.10 Å². The zero-order valence-electron chi connectivity index (χ0n) is 8.73. The topological polar surface area (TPSA) is 70.4 Å². The van der Waals surface area contributed by atoms with Crippen LogP contribution in [0.3, 0.4) is 0 Å². The smallest absolute Gasteiger partial charge is 0.307 e. The van der Waals surface area contributed by atoms with Gasteiger partial charge in [-0.05, 0) is 31.2 Å². The number of nitrogens with zero attached hydrogens (tertiary/aromatic N) is 1. The maximum atomic E-state index is 11.5. The summed E-state index contributed by atoms with van der Waals surface area (Å²) in [6, 6.07) is 6.96. The normalized spacial score (nSPS) is 11.4. The molecule has 2 rings (SSSR count). The summed E-state index contributed by atoms with van der Waals surface area (Å²) in [6.45, 7) is 1.80. The molecule has 0 unspecified atom stereocenters. The molecule has 16 heavy (non-hydrogen) atoms. The third-order valence-electron chi connectivity index (χ3n) is 2.06. The number of hydrogen-bond acceptors (Lipinski definition) is 3. The molecule has 0 aliphatic carbocycles. The van der Waals surface area contributed by atoms with Crippen LogP contribution < -0.4 is 5.43 Å². The second-order valence-electron chi connectivity index (χ2n) is 3.20. The second-order valence-corrected chi connectivity index (χ2v) is 3.20. The van der Waals surface area contributed by atoms with Crippen molar-refractivity contribution >= 4 is 11.6 Å². The number of rotatable bonds is 3. The summed E-state index contributed by atoms with van der Waals surface area (Å²) < 4.78 is 4.93. The SMILES string of the molecule is C/C(=N\NC(=O)c1ccco1)c1ccc[nH]1. The van der Waals surface area contributed by atoms with Gasteiger partial charge in [0.15, 0.2) is 5.76 Å². The van der Waals surface area contributed by atoms with Crippen molar-refractivity contribution in [3.8, 4) is 0 Å². The van der Waals surface area contributed by atoms with Gasteiger partial charge in [-0.2, -0.15) is 5.10 Å². The molecule has 2 N–H and O–H groups in total. The summed E-state index contributed by atoms with van der Waals surface area (Å²) in [4.78, 5) is 14.4. The van der Waals surface area contributed by atoms with Crippen LogP contribution in [0.15, 0.2) is 46.2 Å². The maximum Gasteiger partial charge on any atom is 0.307 e. The Morgan fingerprint density at radius 1 is 1.44 bits per heavy atom. The Balaban J connectivity index is 2.02. The van der Waals surface area contributed by atoms with E-state index >= 15 is 0 Å². The molecule has 2 heterocycles. The van der Waals surface area contributed by atoms with E-state index in [1.54, 1.807) is 25.3 Å². The summed E-state index contributed by atoms with van der Waals surface area (Å²) >= 11 is 0. The molecule has 0 fully saturated rings. The predicted molar refractivity (Wildman–Crippen MR) is 59.2 cm³/mol. The van der Waals surface area contributed by atoms with E-state index in [4.69, 9.17) is 4.42 Å². The van der Waals surface area contributed by atoms with Crippen molar-refractivity contribution in [1.82, 2.24) is 10.4 Å². The Kier molecular flexibility index (Phi) is 2.86. The van der Waals surface area contributed by atoms with Crippen LogP contribution in [0.2, 0.25) is 0 Å². The minimum absolute atomic E-state index is 0.239. The van der Waals surface area contributed by atoms with Gasteiger partial charge in [0.25, 0.3) is 0 Å². The molecule has 0 aromatic carbocycles. The number of aromatic amines is 1. The molecule has 0 aliphatic rings. The van der Waals surface area contributed by atoms with Crippen LogP contribution in [0.5, 0.6) is 0 Å². The van der Waals surface area contributed by atoms with Gasteiger partial charge in [-0.25, -0.2) is 5.43 Å². The Hall–Kier alpha value is -2.30. The maximum absolute atomic E-state index is 11.5. The lowest BCUT2D eigenvalue weighted by atomic mass is 10.3. The molecule has 0 bridgehead atoms. The summed E-state index contributed by atoms with van der Waals surface area (Å²) in [5.74, 6) is -0.126. The zero-order valence-corrected chi connectivity index (χ0v) is 8.73. The lowest BCUT2D eigenvalue weighted by Crippen LogP contribution is -2.18. The van der Waals surface area contributed by atoms with E-state index < -0.39 is 0 Å². The van der Waals surface area contributed by atoms with Crippen molar-refractivity contribution in [3.63, 3.8) is 0 Å². The van der Waals surface area contributed by atoms with Crippen LogP contribution in [0.25, 0.3) is 0 Å². The summed E-state index contributed by atoms with van der Waals surface area (Å²) in [5, 5.41) is 3.95. The van der Waals surface area contributed by atoms with Crippen LogP contribution in [0.1, 0.15) is 23.2 Å². The zero-order chi connectivity index (χ0) is 11.4. The molecule has 82 valence electrons. The lowest BCUT2D eigenvalue weighted by Gasteiger charge is -1.98. The van der Waals surface area contributed by atoms with Crippen LogP contribution in [-0.2, 0) is 0 Å². The highest BCUT2D eigenvalue weighted by atomic mass is 16.3. The molecule has 1 amide bonds. The van der Waals surface area contributed by atoms with Gasteiger partial charge < -0.3 is 9.40 Å². The largest absolute Gasteiger partial charge is 0.459 e. The molecule has 0 saturated carbocycles. The average Bonchev–Trinajstić information content (AvgIpc) is 2.95. The number of aromatic nitrogens is 1. The molecule has 0 aliphatic heterocycles. The molecular weight excluding hydrogens is 206 g/mol. The van der Waals surface area contributed by atoms with Gasteiger partial charge in [0.1, 0.15) is 0 Å². The van der Waals surface area contributed by atoms with Crippen molar-refractivity contribution < 1.29 is 9.21 Å². The van der Waals surface area contributed by atoms with E-state index in [-0.39, 0.29) is 11.7 Å². The van der Waals surface area contributed by atoms with Crippen LogP contribution in [-0.4, -0.2) is 16.6 Å². The first-order valence-corrected chi connectivity index (χ1v) is 4.79. The number of amides is 1. The molecule has 5 heteroatoms. The third kappa shape index (κ3) is 2.20. The van der Waals surface area contributed by atoms with Crippen molar-refractivity contribution in [3.05, 3.63) is 48.2 Å². The van der Waals surface area contributed by atoms with E-state index in [2.05, 4.69) is 15.5 Å². The molecule has 0 radical (unpaired) electrons. The number of hydrogen-bond donors (Lipinski definition) is 2. The van der Waals surface area contributed by atoms with Gasteiger partial charge in [0.2, 0.25) is 0 Å². The standard InChI is InChI=1S/C11H11N3O2/c1-8(9-4-2-6-12-9)13-14-11(15)10-5-3-7-16-10/h2-7,12H,1H3,(H,14,15)/b13-8+. The molecule has 0 saturated heterocycles. The number of carbonyl (C=O) groups is 1. The lowest BCUT2D eigenvalue weighted by molar-refractivity contribution is 0.0927. The van der Waals surface area contributed by atoms with Gasteiger partial charge in [-0.3, -0.25) is 4.79 Å². The Bertz CT molecular complexity index is 483. The minimum atomic E-state index is -0.365. The van der Waals surface area contributed by atoms with E-state index in [0.717, 1.165) is 5.69 Å². The number of H-pyrrole nitrogens is 1. The third-order valence-corrected chi connectivity index (χ3v) is 2.06. The Morgan fingerprint density at radius 2 is 2.31 bits per heavy atom. The van der Waals surface area contributed by atoms with Crippen molar-refractivity contribution in [2.75, 3.05) is 0 Å². The monoisotopic (exact) mass is 217 g/mol. The van der Waals surface area contributed by atoms with Gasteiger partial charge in [-0.1, -0.05) is 0 Å². The highest BCUT2D eigenvalue weighted by Gasteiger charge is 2.07. The second kappa shape index (κ2) is 4.48. The molecular formula is C11H11N3O2. The Morgan fingerprint density at radius 3 is 2.94 bits per heavy atom. The number of nitrogens with one attached hydrogen (secondary N) is 2. The van der Waals surface area contributed by atoms with Crippen LogP contribution in [0.4, 0.5) is 0 Å². The van der Waals surface area contributed by atoms with Crippen LogP contribution >= 0.6 is 0 Å². The first-order valence-electron chi connectivity index (χ1n) is 4.79. The summed E-state index contributed by atoms with van der Waals surface area (Å²) in [5.41, 5.74) is 3.97. The van der Waals surface area contributed by atoms with E-state index in [1.807, 2.05) is 12.1 Å². The van der Waals surface area contributed by atoms with Crippen molar-refractivity contribution in [1.29, 1.82) is 0 Å². The van der Waals surface area contributed by atoms with Crippen LogP contribution in [0, 0.1) is 0 Å². The van der Waals surface area contributed by atoms with Gasteiger partial charge in [-0.15, -0.1) is 0 Å².